The first kappa shape index (κ1) is 9.27. The zero-order valence-corrected chi connectivity index (χ0v) is 8.99. The molecule has 2 aromatic rings. The lowest BCUT2D eigenvalue weighted by atomic mass is 10.1. The Morgan fingerprint density at radius 1 is 1.31 bits per heavy atom. The van der Waals surface area contributed by atoms with Gasteiger partial charge >= 0.3 is 0 Å². The van der Waals surface area contributed by atoms with Crippen molar-refractivity contribution in [3.63, 3.8) is 0 Å². The quantitative estimate of drug-likeness (QED) is 0.683. The van der Waals surface area contributed by atoms with Gasteiger partial charge in [0.25, 0.3) is 0 Å². The van der Waals surface area contributed by atoms with E-state index < -0.39 is 0 Å². The van der Waals surface area contributed by atoms with Gasteiger partial charge in [-0.3, -0.25) is 4.98 Å². The molecule has 1 aromatic carbocycles. The average Bonchev–Trinajstić information content (AvgIpc) is 2.30. The third-order valence-corrected chi connectivity index (χ3v) is 2.76. The van der Waals surface area contributed by atoms with E-state index in [1.165, 1.54) is 0 Å². The van der Waals surface area contributed by atoms with Gasteiger partial charge in [0.2, 0.25) is 0 Å². The number of pyridine rings is 1. The lowest BCUT2D eigenvalue weighted by Gasteiger charge is -2.21. The summed E-state index contributed by atoms with van der Waals surface area (Å²) in [7, 11) is 0. The van der Waals surface area contributed by atoms with Gasteiger partial charge < -0.3 is 15.2 Å². The number of fused-ring (bicyclic) bond motifs is 3. The number of nitrogen functional groups attached to an aromatic ring is 1. The summed E-state index contributed by atoms with van der Waals surface area (Å²) in [6.45, 7) is 3.15. The van der Waals surface area contributed by atoms with Crippen molar-refractivity contribution in [1.82, 2.24) is 4.98 Å². The number of nitrogens with zero attached hydrogens (tertiary/aromatic N) is 1. The van der Waals surface area contributed by atoms with E-state index in [-0.39, 0.29) is 0 Å². The van der Waals surface area contributed by atoms with E-state index in [1.807, 2.05) is 13.0 Å². The highest BCUT2D eigenvalue weighted by Crippen LogP contribution is 2.41. The Bertz CT molecular complexity index is 566. The predicted octanol–water partition coefficient (Wildman–Crippen LogP) is 1.90. The zero-order valence-electron chi connectivity index (χ0n) is 8.99. The molecule has 0 amide bonds. The molecule has 2 heterocycles. The Hall–Kier alpha value is -1.97. The lowest BCUT2D eigenvalue weighted by molar-refractivity contribution is 0.174. The van der Waals surface area contributed by atoms with Crippen molar-refractivity contribution in [3.05, 3.63) is 23.9 Å². The third kappa shape index (κ3) is 1.19. The van der Waals surface area contributed by atoms with E-state index >= 15 is 0 Å². The average molecular weight is 216 g/mol. The first-order valence-corrected chi connectivity index (χ1v) is 5.21. The highest BCUT2D eigenvalue weighted by molar-refractivity contribution is 5.98. The summed E-state index contributed by atoms with van der Waals surface area (Å²) in [5.74, 6) is 1.48. The van der Waals surface area contributed by atoms with Crippen LogP contribution < -0.4 is 15.2 Å². The van der Waals surface area contributed by atoms with Gasteiger partial charge in [-0.1, -0.05) is 0 Å². The maximum atomic E-state index is 5.95. The second-order valence-electron chi connectivity index (χ2n) is 3.84. The Morgan fingerprint density at radius 2 is 2.12 bits per heavy atom. The number of hydrogen-bond donors (Lipinski definition) is 1. The van der Waals surface area contributed by atoms with Crippen LogP contribution >= 0.6 is 0 Å². The van der Waals surface area contributed by atoms with Crippen LogP contribution in [0.2, 0.25) is 0 Å². The van der Waals surface area contributed by atoms with Gasteiger partial charge in [-0.15, -0.1) is 0 Å². The second kappa shape index (κ2) is 3.27. The van der Waals surface area contributed by atoms with Crippen LogP contribution in [0, 0.1) is 6.92 Å². The number of aromatic nitrogens is 1. The van der Waals surface area contributed by atoms with Gasteiger partial charge in [-0.05, 0) is 18.6 Å². The highest BCUT2D eigenvalue weighted by Gasteiger charge is 2.18. The Balaban J connectivity index is 2.44. The van der Waals surface area contributed by atoms with Crippen LogP contribution in [0.25, 0.3) is 10.9 Å². The molecule has 1 aliphatic heterocycles. The molecule has 0 radical (unpaired) electrons. The van der Waals surface area contributed by atoms with Crippen LogP contribution in [0.4, 0.5) is 5.69 Å². The molecular formula is C12H12N2O2. The fraction of sp³-hybridized carbons (Fsp3) is 0.250. The van der Waals surface area contributed by atoms with Crippen molar-refractivity contribution in [2.45, 2.75) is 6.92 Å². The molecule has 0 unspecified atom stereocenters. The van der Waals surface area contributed by atoms with E-state index in [0.717, 1.165) is 22.2 Å². The molecule has 0 fully saturated rings. The van der Waals surface area contributed by atoms with Crippen molar-refractivity contribution in [2.24, 2.45) is 0 Å². The fourth-order valence-corrected chi connectivity index (χ4v) is 2.01. The number of anilines is 1. The van der Waals surface area contributed by atoms with Crippen LogP contribution in [0.5, 0.6) is 11.5 Å². The van der Waals surface area contributed by atoms with Crippen molar-refractivity contribution < 1.29 is 9.47 Å². The highest BCUT2D eigenvalue weighted by atomic mass is 16.6. The minimum atomic E-state index is 0.567. The zero-order chi connectivity index (χ0) is 11.1. The monoisotopic (exact) mass is 216 g/mol. The maximum Gasteiger partial charge on any atom is 0.171 e. The number of ether oxygens (including phenoxy) is 2. The van der Waals surface area contributed by atoms with Crippen molar-refractivity contribution in [2.75, 3.05) is 18.9 Å². The molecule has 1 aliphatic rings. The van der Waals surface area contributed by atoms with Crippen molar-refractivity contribution in [1.29, 1.82) is 0 Å². The number of aryl methyl sites for hydroxylation is 1. The lowest BCUT2D eigenvalue weighted by Crippen LogP contribution is -2.16. The Labute approximate surface area is 93.0 Å². The molecule has 4 nitrogen and oxygen atoms in total. The van der Waals surface area contributed by atoms with Crippen LogP contribution in [0.15, 0.2) is 18.3 Å². The van der Waals surface area contributed by atoms with Gasteiger partial charge in [0.15, 0.2) is 11.5 Å². The smallest absolute Gasteiger partial charge is 0.171 e. The third-order valence-electron chi connectivity index (χ3n) is 2.76. The van der Waals surface area contributed by atoms with Gasteiger partial charge in [0.05, 0.1) is 16.6 Å². The van der Waals surface area contributed by atoms with Crippen molar-refractivity contribution in [3.8, 4) is 11.5 Å². The van der Waals surface area contributed by atoms with Crippen LogP contribution in [0.1, 0.15) is 5.56 Å². The molecule has 3 rings (SSSR count). The van der Waals surface area contributed by atoms with E-state index in [9.17, 15) is 0 Å². The normalized spacial score (nSPS) is 14.1. The van der Waals surface area contributed by atoms with E-state index in [4.69, 9.17) is 15.2 Å². The summed E-state index contributed by atoms with van der Waals surface area (Å²) < 4.78 is 11.2. The maximum absolute atomic E-state index is 5.95. The predicted molar refractivity (Wildman–Crippen MR) is 61.9 cm³/mol. The summed E-state index contributed by atoms with van der Waals surface area (Å²) in [4.78, 5) is 4.29. The van der Waals surface area contributed by atoms with Gasteiger partial charge in [0, 0.05) is 12.3 Å². The van der Waals surface area contributed by atoms with Crippen LogP contribution in [-0.2, 0) is 0 Å². The number of hydrogen-bond acceptors (Lipinski definition) is 4. The van der Waals surface area contributed by atoms with E-state index in [1.54, 1.807) is 12.3 Å². The summed E-state index contributed by atoms with van der Waals surface area (Å²) in [6.07, 6.45) is 1.75. The van der Waals surface area contributed by atoms with Gasteiger partial charge in [-0.2, -0.15) is 0 Å². The Kier molecular flexibility index (Phi) is 1.89. The topological polar surface area (TPSA) is 57.4 Å². The van der Waals surface area contributed by atoms with E-state index in [0.29, 0.717) is 24.7 Å². The van der Waals surface area contributed by atoms with Crippen molar-refractivity contribution >= 4 is 16.6 Å². The molecule has 4 heteroatoms. The van der Waals surface area contributed by atoms with Crippen LogP contribution in [-0.4, -0.2) is 18.2 Å². The summed E-state index contributed by atoms with van der Waals surface area (Å²) >= 11 is 0. The molecule has 0 saturated heterocycles. The number of benzene rings is 1. The molecule has 0 saturated carbocycles. The largest absolute Gasteiger partial charge is 0.486 e. The molecule has 2 N–H and O–H groups in total. The molecular weight excluding hydrogens is 204 g/mol. The summed E-state index contributed by atoms with van der Waals surface area (Å²) in [5.41, 5.74) is 8.46. The molecule has 16 heavy (non-hydrogen) atoms. The van der Waals surface area contributed by atoms with Crippen LogP contribution in [0.3, 0.4) is 0 Å². The molecule has 0 spiro atoms. The summed E-state index contributed by atoms with van der Waals surface area (Å²) in [6, 6.07) is 3.73. The standard InChI is InChI=1S/C12H12N2O2/c1-7-2-3-14-11-8(13)6-9-12(10(7)11)16-5-4-15-9/h2-3,6H,4-5,13H2,1H3. The molecule has 0 bridgehead atoms. The summed E-state index contributed by atoms with van der Waals surface area (Å²) in [5, 5.41) is 0.956. The van der Waals surface area contributed by atoms with Gasteiger partial charge in [-0.25, -0.2) is 0 Å². The molecule has 1 aromatic heterocycles. The SMILES string of the molecule is Cc1ccnc2c(N)cc3c(c12)OCCO3. The molecule has 0 atom stereocenters. The number of rotatable bonds is 0. The first-order valence-electron chi connectivity index (χ1n) is 5.21. The minimum Gasteiger partial charge on any atom is -0.486 e. The number of nitrogens with two attached hydrogens (primary N) is 1. The Morgan fingerprint density at radius 3 is 3.00 bits per heavy atom. The first-order chi connectivity index (χ1) is 7.77. The minimum absolute atomic E-state index is 0.567. The van der Waals surface area contributed by atoms with E-state index in [2.05, 4.69) is 4.98 Å². The fourth-order valence-electron chi connectivity index (χ4n) is 2.01. The molecule has 0 aliphatic carbocycles. The van der Waals surface area contributed by atoms with Gasteiger partial charge in [0.1, 0.15) is 13.2 Å². The second-order valence-corrected chi connectivity index (χ2v) is 3.84. The molecule has 82 valence electrons.